The average molecular weight is 521 g/mol. The lowest BCUT2D eigenvalue weighted by atomic mass is 9.92. The van der Waals surface area contributed by atoms with E-state index in [1.807, 2.05) is 0 Å². The summed E-state index contributed by atoms with van der Waals surface area (Å²) >= 11 is 1.08. The van der Waals surface area contributed by atoms with E-state index in [2.05, 4.69) is 0 Å². The Hall–Kier alpha value is -3.42. The van der Waals surface area contributed by atoms with Gasteiger partial charge in [-0.25, -0.2) is 13.2 Å². The third-order valence-corrected chi connectivity index (χ3v) is 7.80. The van der Waals surface area contributed by atoms with E-state index in [-0.39, 0.29) is 33.7 Å². The highest BCUT2D eigenvalue weighted by molar-refractivity contribution is 8.03. The summed E-state index contributed by atoms with van der Waals surface area (Å²) in [4.78, 5) is 37.2. The number of carbonyl (C=O) groups excluding carboxylic acids is 2. The lowest BCUT2D eigenvalue weighted by molar-refractivity contribution is -0.384. The number of esters is 1. The Bertz CT molecular complexity index is 1320. The van der Waals surface area contributed by atoms with Gasteiger partial charge in [0.05, 0.1) is 21.8 Å². The third kappa shape index (κ3) is 4.88. The predicted octanol–water partition coefficient (Wildman–Crippen LogP) is 2.20. The molecule has 2 aromatic rings. The summed E-state index contributed by atoms with van der Waals surface area (Å²) in [5, 5.41) is 20.3. The first-order chi connectivity index (χ1) is 16.5. The first-order valence-corrected chi connectivity index (χ1v) is 13.0. The van der Waals surface area contributed by atoms with Crippen molar-refractivity contribution in [3.8, 4) is 5.75 Å². The molecule has 2 aliphatic heterocycles. The number of nitro groups is 1. The van der Waals surface area contributed by atoms with E-state index < -0.39 is 44.0 Å². The number of thioether (sulfide) groups is 1. The number of hydrogen-bond acceptors (Lipinski definition) is 10. The van der Waals surface area contributed by atoms with Gasteiger partial charge in [-0.15, -0.1) is 0 Å². The first kappa shape index (κ1) is 24.7. The molecule has 0 radical (unpaired) electrons. The highest BCUT2D eigenvalue weighted by atomic mass is 32.2. The molecule has 1 fully saturated rings. The standard InChI is InChI=1S/C22H20N2O9S2/c1-12(25)17-19(26)23-18(21(27)32-11-13-3-5-14(6-4-13)24(28)29)22(34-20(17)23)33-15-7-9-16(10-8-15)35(2,30)31/h3-10,12,17,20,25H,11H2,1-2H3/t12-,17+,20-/m1/s1. The third-order valence-electron chi connectivity index (χ3n) is 5.44. The van der Waals surface area contributed by atoms with Crippen LogP contribution in [0.15, 0.2) is 64.2 Å². The molecule has 2 aromatic carbocycles. The Balaban J connectivity index is 1.56. The number of fused-ring (bicyclic) bond motifs is 1. The van der Waals surface area contributed by atoms with Gasteiger partial charge >= 0.3 is 5.97 Å². The molecule has 0 aromatic heterocycles. The zero-order chi connectivity index (χ0) is 25.5. The maximum Gasteiger partial charge on any atom is 0.359 e. The summed E-state index contributed by atoms with van der Waals surface area (Å²) in [6.07, 6.45) is 0.131. The zero-order valence-corrected chi connectivity index (χ0v) is 20.1. The van der Waals surface area contributed by atoms with Crippen molar-refractivity contribution in [2.24, 2.45) is 5.92 Å². The van der Waals surface area contributed by atoms with Gasteiger partial charge in [-0.1, -0.05) is 11.8 Å². The molecule has 4 rings (SSSR count). The number of amides is 1. The number of benzene rings is 2. The van der Waals surface area contributed by atoms with Crippen LogP contribution in [0.3, 0.4) is 0 Å². The molecule has 0 unspecified atom stereocenters. The second kappa shape index (κ2) is 9.32. The Kier molecular flexibility index (Phi) is 6.58. The molecule has 0 spiro atoms. The molecule has 13 heteroatoms. The fourth-order valence-corrected chi connectivity index (χ4v) is 5.70. The van der Waals surface area contributed by atoms with Crippen molar-refractivity contribution in [3.05, 3.63) is 75.0 Å². The summed E-state index contributed by atoms with van der Waals surface area (Å²) in [7, 11) is -3.41. The van der Waals surface area contributed by atoms with Crippen molar-refractivity contribution in [2.75, 3.05) is 6.26 Å². The molecule has 35 heavy (non-hydrogen) atoms. The fraction of sp³-hybridized carbons (Fsp3) is 0.273. The first-order valence-electron chi connectivity index (χ1n) is 10.3. The summed E-state index contributed by atoms with van der Waals surface area (Å²) in [5.41, 5.74) is 0.268. The van der Waals surface area contributed by atoms with Gasteiger partial charge in [-0.2, -0.15) is 0 Å². The minimum atomic E-state index is -3.41. The topological polar surface area (TPSA) is 153 Å². The largest absolute Gasteiger partial charge is 0.456 e. The minimum Gasteiger partial charge on any atom is -0.456 e. The molecule has 1 amide bonds. The van der Waals surface area contributed by atoms with E-state index >= 15 is 0 Å². The van der Waals surface area contributed by atoms with Gasteiger partial charge in [0.1, 0.15) is 17.7 Å². The van der Waals surface area contributed by atoms with Crippen LogP contribution in [-0.2, 0) is 30.8 Å². The minimum absolute atomic E-state index is 0.0762. The van der Waals surface area contributed by atoms with Crippen LogP contribution in [0.1, 0.15) is 12.5 Å². The highest BCUT2D eigenvalue weighted by Gasteiger charge is 2.58. The second-order valence-electron chi connectivity index (χ2n) is 7.96. The Morgan fingerprint density at radius 3 is 2.37 bits per heavy atom. The molecule has 0 bridgehead atoms. The summed E-state index contributed by atoms with van der Waals surface area (Å²) in [6, 6.07) is 11.0. The van der Waals surface area contributed by atoms with Crippen LogP contribution in [0.5, 0.6) is 5.75 Å². The van der Waals surface area contributed by atoms with Crippen LogP contribution in [-0.4, -0.2) is 53.0 Å². The SMILES string of the molecule is C[C@@H](O)[C@H]1C(=O)N2C(C(=O)OCc3ccc([N+](=O)[O-])cc3)=C(Oc3ccc(S(C)(=O)=O)cc3)S[C@H]12. The van der Waals surface area contributed by atoms with Crippen molar-refractivity contribution in [1.82, 2.24) is 4.90 Å². The van der Waals surface area contributed by atoms with Crippen molar-refractivity contribution in [1.29, 1.82) is 0 Å². The lowest BCUT2D eigenvalue weighted by Gasteiger charge is -2.43. The molecule has 1 saturated heterocycles. The zero-order valence-electron chi connectivity index (χ0n) is 18.5. The number of aliphatic hydroxyl groups is 1. The van der Waals surface area contributed by atoms with Gasteiger partial charge in [-0.3, -0.25) is 19.8 Å². The molecule has 1 N–H and O–H groups in total. The number of β-lactam (4-membered cyclic amide) rings is 1. The molecular weight excluding hydrogens is 500 g/mol. The van der Waals surface area contributed by atoms with Crippen molar-refractivity contribution in [2.45, 2.75) is 29.9 Å². The van der Waals surface area contributed by atoms with Gasteiger partial charge in [-0.05, 0) is 48.9 Å². The molecule has 0 aliphatic carbocycles. The normalized spacial score (nSPS) is 20.2. The Labute approximate surface area is 204 Å². The molecule has 11 nitrogen and oxygen atoms in total. The number of ether oxygens (including phenoxy) is 2. The molecule has 0 saturated carbocycles. The molecule has 2 heterocycles. The number of aliphatic hydroxyl groups excluding tert-OH is 1. The number of nitro benzene ring substituents is 1. The van der Waals surface area contributed by atoms with Crippen LogP contribution in [0, 0.1) is 16.0 Å². The second-order valence-corrected chi connectivity index (χ2v) is 11.1. The van der Waals surface area contributed by atoms with E-state index in [1.165, 1.54) is 60.4 Å². The number of rotatable bonds is 8. The van der Waals surface area contributed by atoms with Crippen LogP contribution >= 0.6 is 11.8 Å². The number of carbonyl (C=O) groups is 2. The molecule has 3 atom stereocenters. The van der Waals surface area contributed by atoms with E-state index in [9.17, 15) is 33.2 Å². The maximum absolute atomic E-state index is 13.0. The van der Waals surface area contributed by atoms with Crippen molar-refractivity contribution in [3.63, 3.8) is 0 Å². The van der Waals surface area contributed by atoms with Gasteiger partial charge in [0.15, 0.2) is 20.6 Å². The van der Waals surface area contributed by atoms with Gasteiger partial charge in [0.2, 0.25) is 5.91 Å². The predicted molar refractivity (Wildman–Crippen MR) is 123 cm³/mol. The fourth-order valence-electron chi connectivity index (χ4n) is 3.61. The van der Waals surface area contributed by atoms with Crippen LogP contribution in [0.2, 0.25) is 0 Å². The van der Waals surface area contributed by atoms with Crippen LogP contribution in [0.25, 0.3) is 0 Å². The maximum atomic E-state index is 13.0. The van der Waals surface area contributed by atoms with E-state index in [4.69, 9.17) is 9.47 Å². The quantitative estimate of drug-likeness (QED) is 0.237. The number of non-ortho nitro benzene ring substituents is 1. The monoisotopic (exact) mass is 520 g/mol. The summed E-state index contributed by atoms with van der Waals surface area (Å²) in [6.45, 7) is 1.28. The van der Waals surface area contributed by atoms with Crippen molar-refractivity contribution >= 4 is 39.2 Å². The van der Waals surface area contributed by atoms with Gasteiger partial charge < -0.3 is 14.6 Å². The Morgan fingerprint density at radius 1 is 1.20 bits per heavy atom. The molecular formula is C22H20N2O9S2. The van der Waals surface area contributed by atoms with Gasteiger partial charge in [0, 0.05) is 18.4 Å². The van der Waals surface area contributed by atoms with E-state index in [0.717, 1.165) is 18.0 Å². The summed E-state index contributed by atoms with van der Waals surface area (Å²) in [5.74, 6) is -1.79. The molecule has 184 valence electrons. The smallest absolute Gasteiger partial charge is 0.359 e. The highest BCUT2D eigenvalue weighted by Crippen LogP contribution is 2.51. The number of nitrogens with zero attached hydrogens (tertiary/aromatic N) is 2. The van der Waals surface area contributed by atoms with Gasteiger partial charge in [0.25, 0.3) is 5.69 Å². The number of hydrogen-bond donors (Lipinski definition) is 1. The number of sulfone groups is 1. The Morgan fingerprint density at radius 2 is 1.83 bits per heavy atom. The average Bonchev–Trinajstić information content (AvgIpc) is 3.11. The van der Waals surface area contributed by atoms with E-state index in [0.29, 0.717) is 5.56 Å². The molecule has 2 aliphatic rings. The lowest BCUT2D eigenvalue weighted by Crippen LogP contribution is -2.60. The van der Waals surface area contributed by atoms with E-state index in [1.54, 1.807) is 0 Å². The van der Waals surface area contributed by atoms with Crippen molar-refractivity contribution < 1.29 is 37.5 Å². The summed E-state index contributed by atoms with van der Waals surface area (Å²) < 4.78 is 34.5. The van der Waals surface area contributed by atoms with Crippen LogP contribution < -0.4 is 4.74 Å². The van der Waals surface area contributed by atoms with Crippen LogP contribution in [0.4, 0.5) is 5.69 Å².